The van der Waals surface area contributed by atoms with Crippen molar-refractivity contribution in [3.8, 4) is 0 Å². The number of amides is 1. The fourth-order valence-electron chi connectivity index (χ4n) is 1.45. The normalized spacial score (nSPS) is 11.7. The van der Waals surface area contributed by atoms with Crippen molar-refractivity contribution < 1.29 is 24.2 Å². The second-order valence-electron chi connectivity index (χ2n) is 3.96. The molecule has 0 fully saturated rings. The zero-order valence-electron chi connectivity index (χ0n) is 10.9. The van der Waals surface area contributed by atoms with Gasteiger partial charge in [0, 0.05) is 14.2 Å². The molecule has 19 heavy (non-hydrogen) atoms. The second kappa shape index (κ2) is 7.38. The van der Waals surface area contributed by atoms with E-state index in [1.54, 1.807) is 0 Å². The van der Waals surface area contributed by atoms with Crippen LogP contribution in [0.1, 0.15) is 5.56 Å². The maximum Gasteiger partial charge on any atom is 0.410 e. The van der Waals surface area contributed by atoms with Crippen molar-refractivity contribution in [1.82, 2.24) is 4.90 Å². The van der Waals surface area contributed by atoms with E-state index in [4.69, 9.17) is 14.6 Å². The van der Waals surface area contributed by atoms with E-state index in [0.29, 0.717) is 0 Å². The minimum absolute atomic E-state index is 0.0910. The van der Waals surface area contributed by atoms with Crippen molar-refractivity contribution in [3.63, 3.8) is 0 Å². The molecule has 0 radical (unpaired) electrons. The maximum absolute atomic E-state index is 11.7. The number of aliphatic carboxylic acids is 1. The van der Waals surface area contributed by atoms with Gasteiger partial charge in [-0.3, -0.25) is 4.90 Å². The minimum Gasteiger partial charge on any atom is -0.480 e. The van der Waals surface area contributed by atoms with Gasteiger partial charge in [0.1, 0.15) is 6.61 Å². The average molecular weight is 267 g/mol. The number of rotatable bonds is 6. The fourth-order valence-corrected chi connectivity index (χ4v) is 1.45. The summed E-state index contributed by atoms with van der Waals surface area (Å²) in [4.78, 5) is 23.7. The van der Waals surface area contributed by atoms with Crippen molar-refractivity contribution in [2.45, 2.75) is 12.6 Å². The Hall–Kier alpha value is -2.08. The SMILES string of the molecule is COCC(C(=O)O)N(C)C(=O)OCc1ccccc1. The van der Waals surface area contributed by atoms with Crippen LogP contribution in [0, 0.1) is 0 Å². The molecular weight excluding hydrogens is 250 g/mol. The monoisotopic (exact) mass is 267 g/mol. The van der Waals surface area contributed by atoms with Gasteiger partial charge in [-0.25, -0.2) is 9.59 Å². The lowest BCUT2D eigenvalue weighted by Crippen LogP contribution is -2.45. The predicted molar refractivity (Wildman–Crippen MR) is 67.7 cm³/mol. The fraction of sp³-hybridized carbons (Fsp3) is 0.385. The lowest BCUT2D eigenvalue weighted by atomic mass is 10.2. The van der Waals surface area contributed by atoms with E-state index < -0.39 is 18.1 Å². The number of benzene rings is 1. The van der Waals surface area contributed by atoms with Crippen LogP contribution < -0.4 is 0 Å². The number of carbonyl (C=O) groups excluding carboxylic acids is 1. The number of hydrogen-bond donors (Lipinski definition) is 1. The molecule has 0 aliphatic carbocycles. The predicted octanol–water partition coefficient (Wildman–Crippen LogP) is 1.35. The molecule has 1 N–H and O–H groups in total. The number of carboxylic acids is 1. The molecule has 1 atom stereocenters. The second-order valence-corrected chi connectivity index (χ2v) is 3.96. The van der Waals surface area contributed by atoms with Gasteiger partial charge in [0.05, 0.1) is 6.61 Å². The zero-order valence-corrected chi connectivity index (χ0v) is 10.9. The van der Waals surface area contributed by atoms with Crippen molar-refractivity contribution >= 4 is 12.1 Å². The molecule has 104 valence electrons. The molecule has 1 aromatic carbocycles. The van der Waals surface area contributed by atoms with E-state index >= 15 is 0 Å². The summed E-state index contributed by atoms with van der Waals surface area (Å²) in [6.45, 7) is 0.00953. The highest BCUT2D eigenvalue weighted by atomic mass is 16.6. The van der Waals surface area contributed by atoms with Crippen molar-refractivity contribution in [2.24, 2.45) is 0 Å². The Balaban J connectivity index is 2.54. The van der Waals surface area contributed by atoms with Gasteiger partial charge in [0.15, 0.2) is 6.04 Å². The van der Waals surface area contributed by atoms with Gasteiger partial charge in [-0.05, 0) is 5.56 Å². The summed E-state index contributed by atoms with van der Waals surface area (Å²) in [5.41, 5.74) is 0.836. The molecular formula is C13H17NO5. The Kier molecular flexibility index (Phi) is 5.81. The molecule has 0 aromatic heterocycles. The van der Waals surface area contributed by atoms with E-state index in [9.17, 15) is 9.59 Å². The Morgan fingerprint density at radius 2 is 1.95 bits per heavy atom. The molecule has 0 saturated carbocycles. The largest absolute Gasteiger partial charge is 0.480 e. The number of carboxylic acid groups (broad SMARTS) is 1. The first kappa shape index (κ1) is 15.0. The molecule has 0 saturated heterocycles. The third-order valence-electron chi connectivity index (χ3n) is 2.57. The van der Waals surface area contributed by atoms with Crippen LogP contribution in [-0.4, -0.2) is 48.9 Å². The molecule has 1 aromatic rings. The van der Waals surface area contributed by atoms with Gasteiger partial charge < -0.3 is 14.6 Å². The van der Waals surface area contributed by atoms with Gasteiger partial charge in [-0.1, -0.05) is 30.3 Å². The standard InChI is InChI=1S/C13H17NO5/c1-14(11(9-18-2)12(15)16)13(17)19-8-10-6-4-3-5-7-10/h3-7,11H,8-9H2,1-2H3,(H,15,16). The van der Waals surface area contributed by atoms with E-state index in [1.165, 1.54) is 14.2 Å². The van der Waals surface area contributed by atoms with Crippen LogP contribution in [0.3, 0.4) is 0 Å². The zero-order chi connectivity index (χ0) is 14.3. The van der Waals surface area contributed by atoms with Crippen LogP contribution in [0.15, 0.2) is 30.3 Å². The summed E-state index contributed by atoms with van der Waals surface area (Å²) in [7, 11) is 2.74. The van der Waals surface area contributed by atoms with Crippen molar-refractivity contribution in [3.05, 3.63) is 35.9 Å². The van der Waals surface area contributed by atoms with Gasteiger partial charge >= 0.3 is 12.1 Å². The molecule has 0 aliphatic heterocycles. The molecule has 0 aliphatic rings. The topological polar surface area (TPSA) is 76.1 Å². The van der Waals surface area contributed by atoms with Crippen molar-refractivity contribution in [2.75, 3.05) is 20.8 Å². The summed E-state index contributed by atoms with van der Waals surface area (Å²) >= 11 is 0. The first-order valence-electron chi connectivity index (χ1n) is 5.71. The summed E-state index contributed by atoms with van der Waals surface area (Å²) < 4.78 is 9.80. The van der Waals surface area contributed by atoms with E-state index in [-0.39, 0.29) is 13.2 Å². The summed E-state index contributed by atoms with van der Waals surface area (Å²) in [5, 5.41) is 8.98. The summed E-state index contributed by atoms with van der Waals surface area (Å²) in [6, 6.07) is 8.09. The smallest absolute Gasteiger partial charge is 0.410 e. The van der Waals surface area contributed by atoms with Crippen LogP contribution in [0.2, 0.25) is 0 Å². The maximum atomic E-state index is 11.7. The highest BCUT2D eigenvalue weighted by Crippen LogP contribution is 2.05. The van der Waals surface area contributed by atoms with E-state index in [1.807, 2.05) is 30.3 Å². The van der Waals surface area contributed by atoms with Gasteiger partial charge in [-0.15, -0.1) is 0 Å². The third-order valence-corrected chi connectivity index (χ3v) is 2.57. The Morgan fingerprint density at radius 1 is 1.32 bits per heavy atom. The van der Waals surface area contributed by atoms with Gasteiger partial charge in [0.2, 0.25) is 0 Å². The first-order valence-corrected chi connectivity index (χ1v) is 5.71. The van der Waals surface area contributed by atoms with Crippen LogP contribution in [0.4, 0.5) is 4.79 Å². The summed E-state index contributed by atoms with van der Waals surface area (Å²) in [6.07, 6.45) is -0.701. The summed E-state index contributed by atoms with van der Waals surface area (Å²) in [5.74, 6) is -1.14. The lowest BCUT2D eigenvalue weighted by Gasteiger charge is -2.23. The Labute approximate surface area is 111 Å². The van der Waals surface area contributed by atoms with Gasteiger partial charge in [-0.2, -0.15) is 0 Å². The molecule has 6 heteroatoms. The molecule has 0 bridgehead atoms. The van der Waals surface area contributed by atoms with Crippen LogP contribution >= 0.6 is 0 Å². The third kappa shape index (κ3) is 4.59. The number of nitrogens with zero attached hydrogens (tertiary/aromatic N) is 1. The van der Waals surface area contributed by atoms with Crippen LogP contribution in [-0.2, 0) is 20.9 Å². The van der Waals surface area contributed by atoms with Gasteiger partial charge in [0.25, 0.3) is 0 Å². The highest BCUT2D eigenvalue weighted by Gasteiger charge is 2.27. The average Bonchev–Trinajstić information content (AvgIpc) is 2.42. The van der Waals surface area contributed by atoms with Crippen LogP contribution in [0.5, 0.6) is 0 Å². The van der Waals surface area contributed by atoms with Crippen LogP contribution in [0.25, 0.3) is 0 Å². The lowest BCUT2D eigenvalue weighted by molar-refractivity contribution is -0.144. The quantitative estimate of drug-likeness (QED) is 0.842. The van der Waals surface area contributed by atoms with E-state index in [0.717, 1.165) is 10.5 Å². The molecule has 0 spiro atoms. The first-order chi connectivity index (χ1) is 9.06. The molecule has 6 nitrogen and oxygen atoms in total. The number of hydrogen-bond acceptors (Lipinski definition) is 4. The molecule has 0 heterocycles. The van der Waals surface area contributed by atoms with Crippen molar-refractivity contribution in [1.29, 1.82) is 0 Å². The molecule has 1 amide bonds. The highest BCUT2D eigenvalue weighted by molar-refractivity contribution is 5.79. The number of ether oxygens (including phenoxy) is 2. The Bertz CT molecular complexity index is 420. The number of likely N-dealkylation sites (N-methyl/N-ethyl adjacent to an activating group) is 1. The molecule has 1 rings (SSSR count). The Morgan fingerprint density at radius 3 is 2.47 bits per heavy atom. The van der Waals surface area contributed by atoms with E-state index in [2.05, 4.69) is 0 Å². The molecule has 1 unspecified atom stereocenters. The number of carbonyl (C=O) groups is 2. The number of methoxy groups -OCH3 is 1. The minimum atomic E-state index is -1.14.